The van der Waals surface area contributed by atoms with Gasteiger partial charge in [-0.3, -0.25) is 0 Å². The molecule has 1 nitrogen and oxygen atoms in total. The number of allylic oxidation sites excluding steroid dienone is 5. The number of hydrogen-bond acceptors (Lipinski definition) is 1. The molecule has 88 valence electrons. The predicted molar refractivity (Wildman–Crippen MR) is 70.4 cm³/mol. The van der Waals surface area contributed by atoms with Crippen molar-refractivity contribution in [2.45, 2.75) is 12.8 Å². The zero-order chi connectivity index (χ0) is 12.1. The highest BCUT2D eigenvalue weighted by molar-refractivity contribution is 5.54. The zero-order valence-electron chi connectivity index (χ0n) is 9.94. The lowest BCUT2D eigenvalue weighted by Crippen LogP contribution is -2.14. The van der Waals surface area contributed by atoms with E-state index in [2.05, 4.69) is 30.4 Å². The summed E-state index contributed by atoms with van der Waals surface area (Å²) < 4.78 is 12.9. The fraction of sp³-hybridized carbons (Fsp3) is 0.200. The average Bonchev–Trinajstić information content (AvgIpc) is 2.29. The molecule has 0 radical (unpaired) electrons. The fourth-order valence-corrected chi connectivity index (χ4v) is 1.75. The van der Waals surface area contributed by atoms with Gasteiger partial charge in [-0.25, -0.2) is 4.39 Å². The van der Waals surface area contributed by atoms with E-state index in [1.54, 1.807) is 12.1 Å². The Bertz CT molecular complexity index is 454. The van der Waals surface area contributed by atoms with Crippen LogP contribution in [0.25, 0.3) is 0 Å². The molecular weight excluding hydrogens is 213 g/mol. The van der Waals surface area contributed by atoms with Crippen LogP contribution in [0.5, 0.6) is 0 Å². The minimum absolute atomic E-state index is 0.204. The summed E-state index contributed by atoms with van der Waals surface area (Å²) in [5.41, 5.74) is 2.09. The van der Waals surface area contributed by atoms with Crippen LogP contribution in [0.1, 0.15) is 12.8 Å². The van der Waals surface area contributed by atoms with Gasteiger partial charge in [-0.1, -0.05) is 18.2 Å². The maximum atomic E-state index is 12.9. The molecule has 2 rings (SSSR count). The van der Waals surface area contributed by atoms with Crippen LogP contribution in [-0.4, -0.2) is 7.05 Å². The van der Waals surface area contributed by atoms with E-state index >= 15 is 0 Å². The van der Waals surface area contributed by atoms with Crippen molar-refractivity contribution in [3.05, 3.63) is 66.2 Å². The van der Waals surface area contributed by atoms with Gasteiger partial charge in [0.05, 0.1) is 0 Å². The molecule has 0 spiro atoms. The number of benzene rings is 1. The van der Waals surface area contributed by atoms with Crippen LogP contribution >= 0.6 is 0 Å². The van der Waals surface area contributed by atoms with E-state index in [1.807, 2.05) is 11.9 Å². The molecule has 2 heteroatoms. The van der Waals surface area contributed by atoms with Gasteiger partial charge >= 0.3 is 0 Å². The second-order valence-electron chi connectivity index (χ2n) is 4.03. The van der Waals surface area contributed by atoms with Crippen LogP contribution in [0.3, 0.4) is 0 Å². The third-order valence-corrected chi connectivity index (χ3v) is 2.79. The SMILES string of the molecule is CN(C1=CC=CCCC=C1)c1ccc(F)cc1. The van der Waals surface area contributed by atoms with Gasteiger partial charge in [0.2, 0.25) is 0 Å². The van der Waals surface area contributed by atoms with Gasteiger partial charge in [0.25, 0.3) is 0 Å². The summed E-state index contributed by atoms with van der Waals surface area (Å²) in [4.78, 5) is 2.05. The number of likely N-dealkylation sites (N-methyl/N-ethyl adjacent to an activating group) is 1. The molecular formula is C15H16FN. The summed E-state index contributed by atoms with van der Waals surface area (Å²) in [6.07, 6.45) is 12.7. The third kappa shape index (κ3) is 3.06. The average molecular weight is 229 g/mol. The molecule has 1 aromatic rings. The Morgan fingerprint density at radius 3 is 2.53 bits per heavy atom. The summed E-state index contributed by atoms with van der Waals surface area (Å²) >= 11 is 0. The van der Waals surface area contributed by atoms with E-state index in [1.165, 1.54) is 12.1 Å². The lowest BCUT2D eigenvalue weighted by molar-refractivity contribution is 0.628. The maximum absolute atomic E-state index is 12.9. The van der Waals surface area contributed by atoms with E-state index < -0.39 is 0 Å². The summed E-state index contributed by atoms with van der Waals surface area (Å²) in [6.45, 7) is 0. The molecule has 0 saturated heterocycles. The lowest BCUT2D eigenvalue weighted by Gasteiger charge is -2.20. The van der Waals surface area contributed by atoms with Gasteiger partial charge in [-0.2, -0.15) is 0 Å². The van der Waals surface area contributed by atoms with Crippen molar-refractivity contribution in [2.75, 3.05) is 11.9 Å². The van der Waals surface area contributed by atoms with E-state index in [9.17, 15) is 4.39 Å². The Morgan fingerprint density at radius 2 is 1.76 bits per heavy atom. The second kappa shape index (κ2) is 5.48. The zero-order valence-corrected chi connectivity index (χ0v) is 9.94. The predicted octanol–water partition coefficient (Wildman–Crippen LogP) is 4.05. The fourth-order valence-electron chi connectivity index (χ4n) is 1.75. The van der Waals surface area contributed by atoms with Crippen molar-refractivity contribution in [3.63, 3.8) is 0 Å². The van der Waals surface area contributed by atoms with Crippen LogP contribution in [0, 0.1) is 5.82 Å². The van der Waals surface area contributed by atoms with E-state index in [0.717, 1.165) is 24.2 Å². The van der Waals surface area contributed by atoms with E-state index in [0.29, 0.717) is 0 Å². The Hall–Kier alpha value is -1.83. The number of hydrogen-bond donors (Lipinski definition) is 0. The Labute approximate surface area is 102 Å². The number of nitrogens with zero attached hydrogens (tertiary/aromatic N) is 1. The van der Waals surface area contributed by atoms with Crippen LogP contribution < -0.4 is 4.90 Å². The number of halogens is 1. The molecule has 0 saturated carbocycles. The van der Waals surface area contributed by atoms with Crippen molar-refractivity contribution in [3.8, 4) is 0 Å². The topological polar surface area (TPSA) is 3.24 Å². The monoisotopic (exact) mass is 229 g/mol. The van der Waals surface area contributed by atoms with Crippen LogP contribution in [-0.2, 0) is 0 Å². The highest BCUT2D eigenvalue weighted by Crippen LogP contribution is 2.19. The molecule has 0 heterocycles. The largest absolute Gasteiger partial charge is 0.345 e. The van der Waals surface area contributed by atoms with Gasteiger partial charge < -0.3 is 4.90 Å². The van der Waals surface area contributed by atoms with Crippen LogP contribution in [0.4, 0.5) is 10.1 Å². The van der Waals surface area contributed by atoms with Crippen molar-refractivity contribution in [1.29, 1.82) is 0 Å². The molecule has 0 bridgehead atoms. The summed E-state index contributed by atoms with van der Waals surface area (Å²) in [6, 6.07) is 6.53. The molecule has 0 atom stereocenters. The van der Waals surface area contributed by atoms with Crippen LogP contribution in [0.15, 0.2) is 60.3 Å². The smallest absolute Gasteiger partial charge is 0.123 e. The summed E-state index contributed by atoms with van der Waals surface area (Å²) in [5, 5.41) is 0. The van der Waals surface area contributed by atoms with Gasteiger partial charge in [0, 0.05) is 18.4 Å². The quantitative estimate of drug-likeness (QED) is 0.739. The molecule has 0 aromatic heterocycles. The Morgan fingerprint density at radius 1 is 1.06 bits per heavy atom. The first kappa shape index (κ1) is 11.6. The third-order valence-electron chi connectivity index (χ3n) is 2.79. The van der Waals surface area contributed by atoms with E-state index in [4.69, 9.17) is 0 Å². The molecule has 1 aliphatic carbocycles. The van der Waals surface area contributed by atoms with Crippen molar-refractivity contribution in [2.24, 2.45) is 0 Å². The summed E-state index contributed by atoms with van der Waals surface area (Å²) in [7, 11) is 1.98. The van der Waals surface area contributed by atoms with Gasteiger partial charge in [-0.05, 0) is 49.3 Å². The first-order valence-electron chi connectivity index (χ1n) is 5.80. The Balaban J connectivity index is 2.23. The number of anilines is 1. The molecule has 1 aromatic carbocycles. The van der Waals surface area contributed by atoms with Gasteiger partial charge in [0.1, 0.15) is 5.82 Å². The summed E-state index contributed by atoms with van der Waals surface area (Å²) in [5.74, 6) is -0.204. The molecule has 0 fully saturated rings. The van der Waals surface area contributed by atoms with Crippen molar-refractivity contribution in [1.82, 2.24) is 0 Å². The van der Waals surface area contributed by atoms with Gasteiger partial charge in [0.15, 0.2) is 0 Å². The molecule has 0 aliphatic heterocycles. The minimum Gasteiger partial charge on any atom is -0.345 e. The highest BCUT2D eigenvalue weighted by atomic mass is 19.1. The molecule has 1 aliphatic rings. The van der Waals surface area contributed by atoms with E-state index in [-0.39, 0.29) is 5.82 Å². The first-order valence-corrected chi connectivity index (χ1v) is 5.80. The molecule has 17 heavy (non-hydrogen) atoms. The lowest BCUT2D eigenvalue weighted by atomic mass is 10.2. The highest BCUT2D eigenvalue weighted by Gasteiger charge is 2.04. The number of rotatable bonds is 2. The standard InChI is InChI=1S/C15H16FN/c1-17(15-11-9-13(16)10-12-15)14-7-5-3-2-4-6-8-14/h3,5-12H,2,4H2,1H3. The maximum Gasteiger partial charge on any atom is 0.123 e. The molecule has 0 amide bonds. The second-order valence-corrected chi connectivity index (χ2v) is 4.03. The van der Waals surface area contributed by atoms with Gasteiger partial charge in [-0.15, -0.1) is 0 Å². The molecule has 0 N–H and O–H groups in total. The van der Waals surface area contributed by atoms with Crippen molar-refractivity contribution >= 4 is 5.69 Å². The van der Waals surface area contributed by atoms with Crippen LogP contribution in [0.2, 0.25) is 0 Å². The normalized spacial score (nSPS) is 15.1. The molecule has 0 unspecified atom stereocenters. The Kier molecular flexibility index (Phi) is 3.76. The van der Waals surface area contributed by atoms with Crippen molar-refractivity contribution < 1.29 is 4.39 Å². The minimum atomic E-state index is -0.204. The first-order chi connectivity index (χ1) is 8.27.